The predicted octanol–water partition coefficient (Wildman–Crippen LogP) is 5.01. The van der Waals surface area contributed by atoms with Crippen LogP contribution < -0.4 is 5.32 Å². The van der Waals surface area contributed by atoms with Gasteiger partial charge >= 0.3 is 0 Å². The molecule has 0 aliphatic rings. The number of carbonyl (C=O) groups excluding carboxylic acids is 1. The van der Waals surface area contributed by atoms with Crippen LogP contribution in [0.1, 0.15) is 10.6 Å². The lowest BCUT2D eigenvalue weighted by molar-refractivity contribution is 0.0995. The summed E-state index contributed by atoms with van der Waals surface area (Å²) in [5.74, 6) is 0.844. The Morgan fingerprint density at radius 3 is 2.38 bits per heavy atom. The number of halogens is 1. The van der Waals surface area contributed by atoms with Gasteiger partial charge in [-0.3, -0.25) is 4.79 Å². The highest BCUT2D eigenvalue weighted by Gasteiger charge is 2.12. The van der Waals surface area contributed by atoms with E-state index in [1.807, 2.05) is 30.3 Å². The molecule has 6 nitrogen and oxygen atoms in total. The van der Waals surface area contributed by atoms with E-state index in [0.29, 0.717) is 22.1 Å². The smallest absolute Gasteiger partial charge is 0.291 e. The van der Waals surface area contributed by atoms with Crippen LogP contribution >= 0.6 is 15.9 Å². The quantitative estimate of drug-likeness (QED) is 0.512. The number of nitrogens with one attached hydrogen (secondary N) is 1. The molecule has 1 N–H and O–H groups in total. The molecule has 1 amide bonds. The third kappa shape index (κ3) is 3.43. The number of benzene rings is 2. The van der Waals surface area contributed by atoms with Crippen molar-refractivity contribution in [2.75, 3.05) is 5.32 Å². The maximum absolute atomic E-state index is 12.1. The Balaban J connectivity index is 1.49. The zero-order chi connectivity index (χ0) is 17.9. The van der Waals surface area contributed by atoms with Crippen LogP contribution in [0.15, 0.2) is 80.3 Å². The van der Waals surface area contributed by atoms with Gasteiger partial charge in [0.15, 0.2) is 10.4 Å². The average Bonchev–Trinajstić information content (AvgIpc) is 3.32. The summed E-state index contributed by atoms with van der Waals surface area (Å²) in [6.07, 6.45) is 0. The minimum Gasteiger partial charge on any atom is -0.444 e. The van der Waals surface area contributed by atoms with Gasteiger partial charge in [-0.2, -0.15) is 4.98 Å². The zero-order valence-electron chi connectivity index (χ0n) is 13.3. The number of hydrogen-bond donors (Lipinski definition) is 1. The van der Waals surface area contributed by atoms with Crippen LogP contribution in [0.25, 0.3) is 22.8 Å². The van der Waals surface area contributed by atoms with E-state index in [0.717, 1.165) is 11.1 Å². The largest absolute Gasteiger partial charge is 0.444 e. The van der Waals surface area contributed by atoms with Crippen LogP contribution in [-0.4, -0.2) is 16.0 Å². The molecule has 7 heteroatoms. The van der Waals surface area contributed by atoms with Crippen molar-refractivity contribution in [2.45, 2.75) is 0 Å². The van der Waals surface area contributed by atoms with E-state index < -0.39 is 0 Å². The lowest BCUT2D eigenvalue weighted by Gasteiger charge is -2.03. The normalized spacial score (nSPS) is 10.7. The SMILES string of the molecule is O=C(Nc1ccc(-c2nc(-c3ccccc3)no2)cc1)c1ccc(Br)o1. The number of anilines is 1. The first-order chi connectivity index (χ1) is 12.7. The van der Waals surface area contributed by atoms with Gasteiger partial charge < -0.3 is 14.3 Å². The van der Waals surface area contributed by atoms with Gasteiger partial charge in [0, 0.05) is 16.8 Å². The second-order valence-corrected chi connectivity index (χ2v) is 6.21. The van der Waals surface area contributed by atoms with Crippen LogP contribution in [0, 0.1) is 0 Å². The Morgan fingerprint density at radius 2 is 1.69 bits per heavy atom. The van der Waals surface area contributed by atoms with E-state index in [-0.39, 0.29) is 11.7 Å². The van der Waals surface area contributed by atoms with Crippen molar-refractivity contribution in [3.05, 3.63) is 77.2 Å². The molecule has 2 aromatic carbocycles. The van der Waals surface area contributed by atoms with Crippen LogP contribution in [-0.2, 0) is 0 Å². The average molecular weight is 410 g/mol. The van der Waals surface area contributed by atoms with Gasteiger partial charge in [-0.25, -0.2) is 0 Å². The Hall–Kier alpha value is -3.19. The molecule has 0 spiro atoms. The first-order valence-electron chi connectivity index (χ1n) is 7.75. The molecule has 2 aromatic heterocycles. The molecular weight excluding hydrogens is 398 g/mol. The highest BCUT2D eigenvalue weighted by molar-refractivity contribution is 9.10. The number of aromatic nitrogens is 2. The maximum atomic E-state index is 12.1. The van der Waals surface area contributed by atoms with Crippen molar-refractivity contribution in [3.8, 4) is 22.8 Å². The molecule has 0 atom stereocenters. The number of hydrogen-bond acceptors (Lipinski definition) is 5. The number of furan rings is 1. The molecule has 0 saturated heterocycles. The van der Waals surface area contributed by atoms with Crippen LogP contribution in [0.5, 0.6) is 0 Å². The lowest BCUT2D eigenvalue weighted by atomic mass is 10.2. The van der Waals surface area contributed by atoms with Gasteiger partial charge in [0.05, 0.1) is 0 Å². The highest BCUT2D eigenvalue weighted by atomic mass is 79.9. The molecule has 4 rings (SSSR count). The van der Waals surface area contributed by atoms with Gasteiger partial charge in [-0.05, 0) is 52.3 Å². The number of rotatable bonds is 4. The maximum Gasteiger partial charge on any atom is 0.291 e. The minimum atomic E-state index is -0.326. The summed E-state index contributed by atoms with van der Waals surface area (Å²) in [4.78, 5) is 16.5. The van der Waals surface area contributed by atoms with E-state index in [2.05, 4.69) is 31.4 Å². The lowest BCUT2D eigenvalue weighted by Crippen LogP contribution is -2.10. The van der Waals surface area contributed by atoms with Crippen molar-refractivity contribution >= 4 is 27.5 Å². The van der Waals surface area contributed by atoms with E-state index in [1.54, 1.807) is 36.4 Å². The summed E-state index contributed by atoms with van der Waals surface area (Å²) in [6.45, 7) is 0. The minimum absolute atomic E-state index is 0.227. The first kappa shape index (κ1) is 16.3. The van der Waals surface area contributed by atoms with Crippen molar-refractivity contribution in [3.63, 3.8) is 0 Å². The molecule has 0 aliphatic carbocycles. The molecule has 0 bridgehead atoms. The predicted molar refractivity (Wildman–Crippen MR) is 99.5 cm³/mol. The fourth-order valence-electron chi connectivity index (χ4n) is 2.37. The molecule has 2 heterocycles. The van der Waals surface area contributed by atoms with Crippen LogP contribution in [0.2, 0.25) is 0 Å². The highest BCUT2D eigenvalue weighted by Crippen LogP contribution is 2.24. The monoisotopic (exact) mass is 409 g/mol. The molecule has 0 aliphatic heterocycles. The third-order valence-electron chi connectivity index (χ3n) is 3.64. The molecular formula is C19H12BrN3O3. The Labute approximate surface area is 157 Å². The second-order valence-electron chi connectivity index (χ2n) is 5.42. The number of nitrogens with zero attached hydrogens (tertiary/aromatic N) is 2. The summed E-state index contributed by atoms with van der Waals surface area (Å²) < 4.78 is 11.1. The number of carbonyl (C=O) groups is 1. The molecule has 128 valence electrons. The third-order valence-corrected chi connectivity index (χ3v) is 4.07. The van der Waals surface area contributed by atoms with E-state index in [1.165, 1.54) is 0 Å². The molecule has 4 aromatic rings. The fourth-order valence-corrected chi connectivity index (χ4v) is 2.68. The van der Waals surface area contributed by atoms with Gasteiger partial charge in [0.25, 0.3) is 11.8 Å². The summed E-state index contributed by atoms with van der Waals surface area (Å²) in [5, 5.41) is 6.76. The van der Waals surface area contributed by atoms with Gasteiger partial charge in [0.2, 0.25) is 5.82 Å². The first-order valence-corrected chi connectivity index (χ1v) is 8.54. The van der Waals surface area contributed by atoms with Crippen molar-refractivity contribution < 1.29 is 13.7 Å². The van der Waals surface area contributed by atoms with Crippen molar-refractivity contribution in [1.82, 2.24) is 10.1 Å². The van der Waals surface area contributed by atoms with Crippen LogP contribution in [0.4, 0.5) is 5.69 Å². The molecule has 0 fully saturated rings. The topological polar surface area (TPSA) is 81.2 Å². The fraction of sp³-hybridized carbons (Fsp3) is 0. The van der Waals surface area contributed by atoms with E-state index in [9.17, 15) is 4.79 Å². The Morgan fingerprint density at radius 1 is 0.923 bits per heavy atom. The zero-order valence-corrected chi connectivity index (χ0v) is 14.9. The molecule has 26 heavy (non-hydrogen) atoms. The number of amides is 1. The molecule has 0 saturated carbocycles. The van der Waals surface area contributed by atoms with Gasteiger partial charge in [0.1, 0.15) is 0 Å². The summed E-state index contributed by atoms with van der Waals surface area (Å²) in [6, 6.07) is 20.0. The Bertz CT molecular complexity index is 1040. The summed E-state index contributed by atoms with van der Waals surface area (Å²) in [5.41, 5.74) is 2.28. The Kier molecular flexibility index (Phi) is 4.37. The summed E-state index contributed by atoms with van der Waals surface area (Å²) in [7, 11) is 0. The van der Waals surface area contributed by atoms with E-state index >= 15 is 0 Å². The van der Waals surface area contributed by atoms with Crippen molar-refractivity contribution in [2.24, 2.45) is 0 Å². The summed E-state index contributed by atoms with van der Waals surface area (Å²) >= 11 is 3.17. The van der Waals surface area contributed by atoms with Gasteiger partial charge in [-0.15, -0.1) is 0 Å². The van der Waals surface area contributed by atoms with E-state index in [4.69, 9.17) is 8.94 Å². The van der Waals surface area contributed by atoms with Gasteiger partial charge in [-0.1, -0.05) is 35.5 Å². The van der Waals surface area contributed by atoms with Crippen molar-refractivity contribution in [1.29, 1.82) is 0 Å². The second kappa shape index (κ2) is 6.97. The van der Waals surface area contributed by atoms with Crippen LogP contribution in [0.3, 0.4) is 0 Å². The molecule has 0 unspecified atom stereocenters. The molecule has 0 radical (unpaired) electrons. The standard InChI is InChI=1S/C19H12BrN3O3/c20-16-11-10-15(25-16)18(24)21-14-8-6-13(7-9-14)19-22-17(23-26-19)12-4-2-1-3-5-12/h1-11H,(H,21,24).